The lowest BCUT2D eigenvalue weighted by atomic mass is 9.96. The normalized spacial score (nSPS) is 23.7. The lowest BCUT2D eigenvalue weighted by molar-refractivity contribution is 0.114. The molecule has 2 fully saturated rings. The second kappa shape index (κ2) is 10.8. The highest BCUT2D eigenvalue weighted by atomic mass is 127. The number of nitrogens with one attached hydrogen (secondary N) is 2. The molecule has 4 rings (SSSR count). The lowest BCUT2D eigenvalue weighted by Gasteiger charge is -2.39. The fourth-order valence-corrected chi connectivity index (χ4v) is 5.35. The number of nitrogens with zero attached hydrogens (tertiary/aromatic N) is 4. The van der Waals surface area contributed by atoms with Crippen LogP contribution in [0.25, 0.3) is 0 Å². The number of halogens is 1. The first kappa shape index (κ1) is 23.3. The van der Waals surface area contributed by atoms with Crippen molar-refractivity contribution < 1.29 is 0 Å². The van der Waals surface area contributed by atoms with Crippen LogP contribution in [-0.4, -0.2) is 55.1 Å². The average molecular weight is 541 g/mol. The number of guanidine groups is 1. The molecule has 8 heteroatoms. The molecule has 3 heterocycles. The molecule has 2 aliphatic heterocycles. The van der Waals surface area contributed by atoms with Gasteiger partial charge in [0.1, 0.15) is 0 Å². The number of piperidine rings is 1. The van der Waals surface area contributed by atoms with Gasteiger partial charge in [0.15, 0.2) is 11.1 Å². The number of anilines is 1. The summed E-state index contributed by atoms with van der Waals surface area (Å²) in [6, 6.07) is 12.7. The molecule has 2 aliphatic rings. The maximum Gasteiger partial charge on any atom is 0.191 e. The number of benzene rings is 1. The Morgan fingerprint density at radius 2 is 1.90 bits per heavy atom. The number of aromatic nitrogens is 1. The van der Waals surface area contributed by atoms with Crippen molar-refractivity contribution in [1.82, 2.24) is 20.5 Å². The fraction of sp³-hybridized carbons (Fsp3) is 0.545. The number of fused-ring (bicyclic) bond motifs is 2. The molecule has 1 aromatic heterocycles. The molecule has 2 atom stereocenters. The van der Waals surface area contributed by atoms with Gasteiger partial charge in [0.05, 0.1) is 12.2 Å². The van der Waals surface area contributed by atoms with Gasteiger partial charge in [-0.05, 0) is 31.2 Å². The fourth-order valence-electron chi connectivity index (χ4n) is 4.59. The van der Waals surface area contributed by atoms with E-state index in [9.17, 15) is 0 Å². The molecule has 0 spiro atoms. The predicted molar refractivity (Wildman–Crippen MR) is 137 cm³/mol. The van der Waals surface area contributed by atoms with Crippen molar-refractivity contribution in [3.05, 3.63) is 47.0 Å². The average Bonchev–Trinajstić information content (AvgIpc) is 3.28. The summed E-state index contributed by atoms with van der Waals surface area (Å²) in [6.45, 7) is 1.78. The summed E-state index contributed by atoms with van der Waals surface area (Å²) < 4.78 is 0. The number of hydrogen-bond donors (Lipinski definition) is 2. The van der Waals surface area contributed by atoms with Crippen LogP contribution in [-0.2, 0) is 13.1 Å². The van der Waals surface area contributed by atoms with Gasteiger partial charge >= 0.3 is 0 Å². The summed E-state index contributed by atoms with van der Waals surface area (Å²) in [5.74, 6) is 0.880. The summed E-state index contributed by atoms with van der Waals surface area (Å²) >= 11 is 1.67. The van der Waals surface area contributed by atoms with Crippen LogP contribution in [0.1, 0.15) is 36.9 Å². The van der Waals surface area contributed by atoms with E-state index in [1.165, 1.54) is 31.2 Å². The van der Waals surface area contributed by atoms with Gasteiger partial charge in [0.2, 0.25) is 0 Å². The van der Waals surface area contributed by atoms with Crippen LogP contribution in [0, 0.1) is 0 Å². The van der Waals surface area contributed by atoms with E-state index in [4.69, 9.17) is 0 Å². The summed E-state index contributed by atoms with van der Waals surface area (Å²) in [7, 11) is 5.89. The smallest absolute Gasteiger partial charge is 0.191 e. The quantitative estimate of drug-likeness (QED) is 0.333. The summed E-state index contributed by atoms with van der Waals surface area (Å²) in [5.41, 5.74) is 2.48. The number of rotatable bonds is 6. The van der Waals surface area contributed by atoms with Gasteiger partial charge in [-0.1, -0.05) is 30.3 Å². The molecule has 0 amide bonds. The molecule has 0 aliphatic carbocycles. The molecule has 164 valence electrons. The van der Waals surface area contributed by atoms with E-state index in [-0.39, 0.29) is 24.0 Å². The Morgan fingerprint density at radius 3 is 2.50 bits per heavy atom. The van der Waals surface area contributed by atoms with E-state index >= 15 is 0 Å². The van der Waals surface area contributed by atoms with Gasteiger partial charge in [-0.15, -0.1) is 35.3 Å². The molecule has 0 saturated carbocycles. The van der Waals surface area contributed by atoms with Gasteiger partial charge in [0.25, 0.3) is 0 Å². The third-order valence-electron chi connectivity index (χ3n) is 6.02. The van der Waals surface area contributed by atoms with Crippen molar-refractivity contribution in [2.24, 2.45) is 4.99 Å². The first-order chi connectivity index (χ1) is 14.1. The standard InChI is InChI=1S/C22H32N6S.HI/c1-23-21(24-13-18-15-29-22(26-18)27(2)3)25-17-11-19-9-10-20(12-17)28(19)14-16-7-5-4-6-8-16;/h4-8,15,17,19-20H,9-14H2,1-3H3,(H2,23,24,25);1H. The number of thiazole rings is 1. The maximum atomic E-state index is 4.64. The highest BCUT2D eigenvalue weighted by Gasteiger charge is 2.40. The number of hydrogen-bond acceptors (Lipinski definition) is 5. The Bertz CT molecular complexity index is 810. The van der Waals surface area contributed by atoms with Crippen LogP contribution in [0.5, 0.6) is 0 Å². The van der Waals surface area contributed by atoms with E-state index in [0.717, 1.165) is 23.3 Å². The van der Waals surface area contributed by atoms with E-state index in [0.29, 0.717) is 24.7 Å². The van der Waals surface area contributed by atoms with Crippen LogP contribution >= 0.6 is 35.3 Å². The van der Waals surface area contributed by atoms with Crippen molar-refractivity contribution in [3.63, 3.8) is 0 Å². The molecule has 0 radical (unpaired) electrons. The van der Waals surface area contributed by atoms with Gasteiger partial charge in [0, 0.05) is 51.2 Å². The second-order valence-electron chi connectivity index (χ2n) is 8.30. The SMILES string of the molecule is CN=C(NCc1csc(N(C)C)n1)NC1CC2CCC(C1)N2Cc1ccccc1.I. The Kier molecular flexibility index (Phi) is 8.35. The molecule has 2 saturated heterocycles. The zero-order valence-electron chi connectivity index (χ0n) is 18.0. The molecular weight excluding hydrogens is 507 g/mol. The van der Waals surface area contributed by atoms with Crippen LogP contribution in [0.2, 0.25) is 0 Å². The topological polar surface area (TPSA) is 55.8 Å². The van der Waals surface area contributed by atoms with Gasteiger partial charge < -0.3 is 15.5 Å². The van der Waals surface area contributed by atoms with Crippen molar-refractivity contribution in [3.8, 4) is 0 Å². The van der Waals surface area contributed by atoms with E-state index in [2.05, 4.69) is 61.2 Å². The van der Waals surface area contributed by atoms with Crippen LogP contribution in [0.4, 0.5) is 5.13 Å². The highest BCUT2D eigenvalue weighted by Crippen LogP contribution is 2.36. The molecule has 6 nitrogen and oxygen atoms in total. The Labute approximate surface area is 201 Å². The minimum atomic E-state index is 0. The van der Waals surface area contributed by atoms with Crippen molar-refractivity contribution in [2.75, 3.05) is 26.0 Å². The van der Waals surface area contributed by atoms with Crippen molar-refractivity contribution in [1.29, 1.82) is 0 Å². The minimum Gasteiger partial charge on any atom is -0.354 e. The molecule has 2 bridgehead atoms. The van der Waals surface area contributed by atoms with Crippen LogP contribution in [0.3, 0.4) is 0 Å². The maximum absolute atomic E-state index is 4.64. The molecule has 1 aromatic carbocycles. The molecule has 2 N–H and O–H groups in total. The lowest BCUT2D eigenvalue weighted by Crippen LogP contribution is -2.52. The minimum absolute atomic E-state index is 0. The van der Waals surface area contributed by atoms with Crippen LogP contribution < -0.4 is 15.5 Å². The molecule has 30 heavy (non-hydrogen) atoms. The van der Waals surface area contributed by atoms with E-state index < -0.39 is 0 Å². The van der Waals surface area contributed by atoms with E-state index in [1.807, 2.05) is 26.0 Å². The third kappa shape index (κ3) is 5.64. The zero-order valence-corrected chi connectivity index (χ0v) is 21.2. The largest absolute Gasteiger partial charge is 0.354 e. The summed E-state index contributed by atoms with van der Waals surface area (Å²) in [4.78, 5) is 13.8. The van der Waals surface area contributed by atoms with Gasteiger partial charge in [-0.3, -0.25) is 9.89 Å². The Balaban J connectivity index is 0.00000256. The van der Waals surface area contributed by atoms with Crippen molar-refractivity contribution >= 4 is 46.4 Å². The molecule has 2 aromatic rings. The summed E-state index contributed by atoms with van der Waals surface area (Å²) in [5, 5.41) is 10.2. The van der Waals surface area contributed by atoms with Gasteiger partial charge in [-0.25, -0.2) is 4.98 Å². The second-order valence-corrected chi connectivity index (χ2v) is 9.13. The Hall–Kier alpha value is -1.39. The Morgan fingerprint density at radius 1 is 1.20 bits per heavy atom. The third-order valence-corrected chi connectivity index (χ3v) is 7.07. The first-order valence-electron chi connectivity index (χ1n) is 10.5. The first-order valence-corrected chi connectivity index (χ1v) is 11.4. The molecule has 2 unspecified atom stereocenters. The molecular formula is C22H33IN6S. The summed E-state index contributed by atoms with van der Waals surface area (Å²) in [6.07, 6.45) is 5.00. The number of aliphatic imine (C=N–C) groups is 1. The predicted octanol–water partition coefficient (Wildman–Crippen LogP) is 3.69. The van der Waals surface area contributed by atoms with Gasteiger partial charge in [-0.2, -0.15) is 0 Å². The van der Waals surface area contributed by atoms with E-state index in [1.54, 1.807) is 11.3 Å². The van der Waals surface area contributed by atoms with Crippen LogP contribution in [0.15, 0.2) is 40.7 Å². The monoisotopic (exact) mass is 540 g/mol. The van der Waals surface area contributed by atoms with Crippen molar-refractivity contribution in [2.45, 2.75) is 56.9 Å². The zero-order chi connectivity index (χ0) is 20.2. The highest BCUT2D eigenvalue weighted by molar-refractivity contribution is 14.0.